The molecule has 1 aromatic heterocycles. The maximum atomic E-state index is 3.67. The monoisotopic (exact) mass is 318 g/mol. The first-order valence-electron chi connectivity index (χ1n) is 8.79. The van der Waals surface area contributed by atoms with Gasteiger partial charge in [0.2, 0.25) is 0 Å². The molecule has 1 heterocycles. The third kappa shape index (κ3) is 25.6. The van der Waals surface area contributed by atoms with Gasteiger partial charge in [0, 0.05) is 12.4 Å². The number of nitrogens with zero attached hydrogens (tertiary/aromatic N) is 2. The summed E-state index contributed by atoms with van der Waals surface area (Å²) in [7, 11) is 0. The van der Waals surface area contributed by atoms with Gasteiger partial charge in [0.15, 0.2) is 0 Å². The third-order valence-electron chi connectivity index (χ3n) is 1.94. The lowest BCUT2D eigenvalue weighted by molar-refractivity contribution is 0.737. The molecular weight excluding hydrogens is 280 g/mol. The van der Waals surface area contributed by atoms with Gasteiger partial charge < -0.3 is 0 Å². The highest BCUT2D eigenvalue weighted by Crippen LogP contribution is 2.11. The van der Waals surface area contributed by atoms with Crippen LogP contribution in [-0.4, -0.2) is 9.97 Å². The number of hydrogen-bond acceptors (Lipinski definition) is 2. The van der Waals surface area contributed by atoms with E-state index in [1.54, 1.807) is 18.5 Å². The zero-order valence-electron chi connectivity index (χ0n) is 16.7. The topological polar surface area (TPSA) is 25.8 Å². The SMILES string of the molecule is CC.CC.CC(C)C.CC(C)c1ccccc1.c1cncnc1. The molecule has 0 fully saturated rings. The molecular formula is C21H38N2. The van der Waals surface area contributed by atoms with Gasteiger partial charge in [-0.3, -0.25) is 0 Å². The van der Waals surface area contributed by atoms with Crippen molar-refractivity contribution in [2.75, 3.05) is 0 Å². The molecule has 0 aliphatic heterocycles. The van der Waals surface area contributed by atoms with Crippen LogP contribution in [0.1, 0.15) is 73.8 Å². The van der Waals surface area contributed by atoms with Crippen molar-refractivity contribution < 1.29 is 0 Å². The van der Waals surface area contributed by atoms with E-state index in [1.165, 1.54) is 11.9 Å². The first-order chi connectivity index (χ1) is 11.0. The minimum Gasteiger partial charge on any atom is -0.245 e. The molecule has 0 saturated heterocycles. The molecule has 0 amide bonds. The first-order valence-corrected chi connectivity index (χ1v) is 8.79. The average Bonchev–Trinajstić information content (AvgIpc) is 2.61. The van der Waals surface area contributed by atoms with Crippen LogP contribution in [0.3, 0.4) is 0 Å². The summed E-state index contributed by atoms with van der Waals surface area (Å²) in [5, 5.41) is 0. The molecule has 0 N–H and O–H groups in total. The second-order valence-corrected chi connectivity index (χ2v) is 5.20. The molecule has 23 heavy (non-hydrogen) atoms. The Bertz CT molecular complexity index is 354. The molecule has 0 atom stereocenters. The highest BCUT2D eigenvalue weighted by atomic mass is 14.8. The maximum absolute atomic E-state index is 3.67. The highest BCUT2D eigenvalue weighted by Gasteiger charge is 1.93. The minimum atomic E-state index is 0.659. The van der Waals surface area contributed by atoms with Crippen molar-refractivity contribution in [3.05, 3.63) is 60.7 Å². The van der Waals surface area contributed by atoms with Crippen LogP contribution >= 0.6 is 0 Å². The molecule has 132 valence electrons. The van der Waals surface area contributed by atoms with Crippen LogP contribution in [0.2, 0.25) is 0 Å². The average molecular weight is 319 g/mol. The van der Waals surface area contributed by atoms with Crippen LogP contribution in [-0.2, 0) is 0 Å². The Morgan fingerprint density at radius 1 is 0.652 bits per heavy atom. The minimum absolute atomic E-state index is 0.659. The standard InChI is InChI=1S/C9H12.C4H4N2.C4H10.2C2H6/c1-8(2)9-6-4-3-5-7-9;1-2-5-4-6-3-1;1-4(2)3;2*1-2/h3-8H,1-2H3;1-4H;4H,1-3H3;2*1-2H3. The van der Waals surface area contributed by atoms with Crippen molar-refractivity contribution >= 4 is 0 Å². The summed E-state index contributed by atoms with van der Waals surface area (Å²) in [6.45, 7) is 18.9. The Hall–Kier alpha value is -1.70. The fourth-order valence-electron chi connectivity index (χ4n) is 1.09. The second-order valence-electron chi connectivity index (χ2n) is 5.20. The van der Waals surface area contributed by atoms with Gasteiger partial charge in [0.1, 0.15) is 6.33 Å². The Morgan fingerprint density at radius 2 is 1.04 bits per heavy atom. The third-order valence-corrected chi connectivity index (χ3v) is 1.94. The van der Waals surface area contributed by atoms with E-state index in [-0.39, 0.29) is 0 Å². The van der Waals surface area contributed by atoms with Crippen molar-refractivity contribution in [3.8, 4) is 0 Å². The van der Waals surface area contributed by atoms with Crippen LogP contribution in [0.5, 0.6) is 0 Å². The van der Waals surface area contributed by atoms with Crippen molar-refractivity contribution in [2.45, 2.75) is 68.2 Å². The van der Waals surface area contributed by atoms with E-state index in [4.69, 9.17) is 0 Å². The summed E-state index contributed by atoms with van der Waals surface area (Å²) in [4.78, 5) is 7.35. The summed E-state index contributed by atoms with van der Waals surface area (Å²) >= 11 is 0. The molecule has 0 spiro atoms. The molecule has 0 saturated carbocycles. The van der Waals surface area contributed by atoms with Gasteiger partial charge in [-0.25, -0.2) is 9.97 Å². The summed E-state index contributed by atoms with van der Waals surface area (Å²) in [6, 6.07) is 12.3. The zero-order valence-corrected chi connectivity index (χ0v) is 16.7. The molecule has 0 bridgehead atoms. The van der Waals surface area contributed by atoms with Crippen LogP contribution in [0, 0.1) is 5.92 Å². The van der Waals surface area contributed by atoms with Gasteiger partial charge in [-0.2, -0.15) is 0 Å². The Balaban J connectivity index is -0.000000250. The largest absolute Gasteiger partial charge is 0.245 e. The number of rotatable bonds is 1. The predicted molar refractivity (Wildman–Crippen MR) is 106 cm³/mol. The molecule has 0 radical (unpaired) electrons. The maximum Gasteiger partial charge on any atom is 0.115 e. The summed E-state index contributed by atoms with van der Waals surface area (Å²) in [6.07, 6.45) is 4.88. The molecule has 2 nitrogen and oxygen atoms in total. The summed E-state index contributed by atoms with van der Waals surface area (Å²) < 4.78 is 0. The fourth-order valence-corrected chi connectivity index (χ4v) is 1.09. The van der Waals surface area contributed by atoms with Gasteiger partial charge >= 0.3 is 0 Å². The normalized spacial score (nSPS) is 8.13. The van der Waals surface area contributed by atoms with Crippen LogP contribution < -0.4 is 0 Å². The molecule has 2 rings (SSSR count). The zero-order chi connectivity index (χ0) is 18.5. The summed E-state index contributed by atoms with van der Waals surface area (Å²) in [5.41, 5.74) is 1.41. The molecule has 0 aliphatic carbocycles. The van der Waals surface area contributed by atoms with Crippen LogP contribution in [0.4, 0.5) is 0 Å². The van der Waals surface area contributed by atoms with Crippen LogP contribution in [0.15, 0.2) is 55.1 Å². The lowest BCUT2D eigenvalue weighted by atomic mass is 10.0. The number of benzene rings is 1. The fraction of sp³-hybridized carbons (Fsp3) is 0.524. The second kappa shape index (κ2) is 22.6. The molecule has 0 unspecified atom stereocenters. The molecule has 2 aromatic rings. The molecule has 2 heteroatoms. The van der Waals surface area contributed by atoms with Crippen LogP contribution in [0.25, 0.3) is 0 Å². The van der Waals surface area contributed by atoms with Gasteiger partial charge in [-0.15, -0.1) is 0 Å². The lowest BCUT2D eigenvalue weighted by Crippen LogP contribution is -1.83. The van der Waals surface area contributed by atoms with Crippen molar-refractivity contribution in [1.29, 1.82) is 0 Å². The van der Waals surface area contributed by atoms with E-state index in [0.717, 1.165) is 5.92 Å². The van der Waals surface area contributed by atoms with E-state index in [2.05, 4.69) is 68.9 Å². The van der Waals surface area contributed by atoms with E-state index in [0.29, 0.717) is 5.92 Å². The predicted octanol–water partition coefficient (Wildman–Crippen LogP) is 7.00. The van der Waals surface area contributed by atoms with Crippen molar-refractivity contribution in [3.63, 3.8) is 0 Å². The van der Waals surface area contributed by atoms with Crippen molar-refractivity contribution in [1.82, 2.24) is 9.97 Å². The lowest BCUT2D eigenvalue weighted by Gasteiger charge is -2.01. The smallest absolute Gasteiger partial charge is 0.115 e. The molecule has 1 aromatic carbocycles. The summed E-state index contributed by atoms with van der Waals surface area (Å²) in [5.74, 6) is 1.49. The number of aromatic nitrogens is 2. The van der Waals surface area contributed by atoms with Gasteiger partial charge in [-0.1, -0.05) is 92.6 Å². The quantitative estimate of drug-likeness (QED) is 0.565. The first kappa shape index (κ1) is 26.2. The Labute approximate surface area is 145 Å². The van der Waals surface area contributed by atoms with Gasteiger partial charge in [0.05, 0.1) is 0 Å². The van der Waals surface area contributed by atoms with Crippen molar-refractivity contribution in [2.24, 2.45) is 5.92 Å². The van der Waals surface area contributed by atoms with E-state index in [9.17, 15) is 0 Å². The van der Waals surface area contributed by atoms with E-state index >= 15 is 0 Å². The Kier molecular flexibility index (Phi) is 25.7. The van der Waals surface area contributed by atoms with E-state index < -0.39 is 0 Å². The number of hydrogen-bond donors (Lipinski definition) is 0. The highest BCUT2D eigenvalue weighted by molar-refractivity contribution is 5.17. The van der Waals surface area contributed by atoms with Gasteiger partial charge in [-0.05, 0) is 23.5 Å². The Morgan fingerprint density at radius 3 is 1.22 bits per heavy atom. The van der Waals surface area contributed by atoms with Gasteiger partial charge in [0.25, 0.3) is 0 Å². The molecule has 0 aliphatic rings. The van der Waals surface area contributed by atoms with E-state index in [1.807, 2.05) is 33.8 Å².